The maximum atomic E-state index is 12.3. The second-order valence-electron chi connectivity index (χ2n) is 8.82. The number of anilines is 1. The number of hydrogen-bond acceptors (Lipinski definition) is 4. The molecule has 1 saturated carbocycles. The van der Waals surface area contributed by atoms with Crippen LogP contribution in [0.2, 0.25) is 0 Å². The summed E-state index contributed by atoms with van der Waals surface area (Å²) in [5.41, 5.74) is 1.78. The molecular weight excluding hydrogens is 412 g/mol. The van der Waals surface area contributed by atoms with Crippen molar-refractivity contribution in [3.05, 3.63) is 29.8 Å². The van der Waals surface area contributed by atoms with E-state index in [0.717, 1.165) is 61.9 Å². The number of amides is 4. The normalized spacial score (nSPS) is 25.0. The molecule has 31 heavy (non-hydrogen) atoms. The van der Waals surface area contributed by atoms with E-state index < -0.39 is 0 Å². The molecule has 7 nitrogen and oxygen atoms in total. The molecule has 0 bridgehead atoms. The molecule has 8 heteroatoms. The van der Waals surface area contributed by atoms with Gasteiger partial charge in [-0.3, -0.25) is 9.59 Å². The van der Waals surface area contributed by atoms with Crippen LogP contribution in [0, 0.1) is 5.92 Å². The van der Waals surface area contributed by atoms with Crippen LogP contribution in [0.15, 0.2) is 24.3 Å². The largest absolute Gasteiger partial charge is 0.352 e. The molecule has 3 atom stereocenters. The van der Waals surface area contributed by atoms with Crippen LogP contribution in [0.25, 0.3) is 0 Å². The summed E-state index contributed by atoms with van der Waals surface area (Å²) >= 11 is 1.91. The second kappa shape index (κ2) is 10.4. The lowest BCUT2D eigenvalue weighted by Crippen LogP contribution is -2.36. The Morgan fingerprint density at radius 2 is 1.97 bits per heavy atom. The zero-order valence-corrected chi connectivity index (χ0v) is 18.6. The molecule has 4 N–H and O–H groups in total. The van der Waals surface area contributed by atoms with Crippen LogP contribution in [0.5, 0.6) is 0 Å². The van der Waals surface area contributed by atoms with Crippen LogP contribution in [0.4, 0.5) is 10.5 Å². The van der Waals surface area contributed by atoms with E-state index in [1.165, 1.54) is 0 Å². The molecule has 2 heterocycles. The third-order valence-electron chi connectivity index (χ3n) is 6.49. The van der Waals surface area contributed by atoms with Gasteiger partial charge in [-0.15, -0.1) is 0 Å². The van der Waals surface area contributed by atoms with Crippen molar-refractivity contribution in [1.29, 1.82) is 0 Å². The minimum atomic E-state index is -0.0538. The first kappa shape index (κ1) is 22.0. The van der Waals surface area contributed by atoms with E-state index in [2.05, 4.69) is 21.3 Å². The van der Waals surface area contributed by atoms with Crippen LogP contribution in [0.1, 0.15) is 56.9 Å². The van der Waals surface area contributed by atoms with Gasteiger partial charge >= 0.3 is 6.03 Å². The topological polar surface area (TPSA) is 99.3 Å². The molecule has 1 aromatic rings. The van der Waals surface area contributed by atoms with E-state index in [4.69, 9.17) is 0 Å². The van der Waals surface area contributed by atoms with Gasteiger partial charge in [0.05, 0.1) is 12.1 Å². The van der Waals surface area contributed by atoms with Crippen LogP contribution >= 0.6 is 11.8 Å². The smallest absolute Gasteiger partial charge is 0.315 e. The predicted octanol–water partition coefficient (Wildman–Crippen LogP) is 3.16. The van der Waals surface area contributed by atoms with E-state index in [0.29, 0.717) is 18.2 Å². The minimum absolute atomic E-state index is 0.0492. The van der Waals surface area contributed by atoms with Crippen molar-refractivity contribution in [3.8, 4) is 0 Å². The molecule has 0 aromatic heterocycles. The quantitative estimate of drug-likeness (QED) is 0.347. The van der Waals surface area contributed by atoms with Crippen LogP contribution in [-0.2, 0) is 16.1 Å². The molecule has 1 aliphatic carbocycles. The van der Waals surface area contributed by atoms with Crippen molar-refractivity contribution < 1.29 is 14.4 Å². The highest BCUT2D eigenvalue weighted by Crippen LogP contribution is 2.33. The van der Waals surface area contributed by atoms with Crippen LogP contribution in [0.3, 0.4) is 0 Å². The summed E-state index contributed by atoms with van der Waals surface area (Å²) in [6.07, 6.45) is 7.59. The Hall–Kier alpha value is -2.22. The molecule has 3 aliphatic rings. The Kier molecular flexibility index (Phi) is 7.37. The average molecular weight is 445 g/mol. The second-order valence-corrected chi connectivity index (χ2v) is 10.1. The number of urea groups is 1. The molecule has 168 valence electrons. The predicted molar refractivity (Wildman–Crippen MR) is 123 cm³/mol. The Bertz CT molecular complexity index is 812. The van der Waals surface area contributed by atoms with Gasteiger partial charge in [-0.2, -0.15) is 11.8 Å². The number of rotatable bonds is 9. The lowest BCUT2D eigenvalue weighted by Gasteiger charge is -2.16. The Morgan fingerprint density at radius 1 is 1.13 bits per heavy atom. The van der Waals surface area contributed by atoms with E-state index in [-0.39, 0.29) is 35.8 Å². The van der Waals surface area contributed by atoms with E-state index >= 15 is 0 Å². The highest BCUT2D eigenvalue weighted by atomic mass is 32.2. The molecule has 1 aromatic carbocycles. The molecule has 2 aliphatic heterocycles. The summed E-state index contributed by atoms with van der Waals surface area (Å²) in [5.74, 6) is 1.26. The SMILES string of the molecule is O=C(CCCC[C@@H]1SC[C@@H]2NC(=O)N[C@@H]21)NCc1cccc(NC(=O)C2CCCC2)c1. The number of benzene rings is 1. The van der Waals surface area contributed by atoms with Crippen molar-refractivity contribution in [2.75, 3.05) is 11.1 Å². The van der Waals surface area contributed by atoms with Gasteiger partial charge in [0, 0.05) is 35.6 Å². The van der Waals surface area contributed by atoms with Gasteiger partial charge in [0.25, 0.3) is 0 Å². The molecule has 0 radical (unpaired) electrons. The summed E-state index contributed by atoms with van der Waals surface area (Å²) in [5, 5.41) is 12.4. The van der Waals surface area contributed by atoms with Gasteiger partial charge in [-0.25, -0.2) is 4.79 Å². The average Bonchev–Trinajstić information content (AvgIpc) is 3.48. The van der Waals surface area contributed by atoms with Crippen LogP contribution in [-0.4, -0.2) is 40.9 Å². The van der Waals surface area contributed by atoms with Crippen molar-refractivity contribution in [1.82, 2.24) is 16.0 Å². The van der Waals surface area contributed by atoms with Crippen molar-refractivity contribution >= 4 is 35.3 Å². The minimum Gasteiger partial charge on any atom is -0.352 e. The maximum Gasteiger partial charge on any atom is 0.315 e. The zero-order chi connectivity index (χ0) is 21.6. The highest BCUT2D eigenvalue weighted by molar-refractivity contribution is 8.00. The summed E-state index contributed by atoms with van der Waals surface area (Å²) in [6.45, 7) is 0.464. The maximum absolute atomic E-state index is 12.3. The number of hydrogen-bond donors (Lipinski definition) is 4. The molecule has 0 unspecified atom stereocenters. The summed E-state index contributed by atoms with van der Waals surface area (Å²) in [6, 6.07) is 8.13. The van der Waals surface area contributed by atoms with Crippen molar-refractivity contribution in [2.24, 2.45) is 5.92 Å². The Morgan fingerprint density at radius 3 is 2.81 bits per heavy atom. The summed E-state index contributed by atoms with van der Waals surface area (Å²) in [7, 11) is 0. The van der Waals surface area contributed by atoms with Crippen molar-refractivity contribution in [3.63, 3.8) is 0 Å². The first-order chi connectivity index (χ1) is 15.1. The lowest BCUT2D eigenvalue weighted by atomic mass is 10.0. The number of thioether (sulfide) groups is 1. The molecule has 4 amide bonds. The third kappa shape index (κ3) is 5.93. The van der Waals surface area contributed by atoms with Gasteiger partial charge in [0.15, 0.2) is 0 Å². The summed E-state index contributed by atoms with van der Waals surface area (Å²) in [4.78, 5) is 36.0. The number of fused-ring (bicyclic) bond motifs is 1. The molecule has 2 saturated heterocycles. The third-order valence-corrected chi connectivity index (χ3v) is 8.00. The lowest BCUT2D eigenvalue weighted by molar-refractivity contribution is -0.121. The van der Waals surface area contributed by atoms with Gasteiger partial charge < -0.3 is 21.3 Å². The van der Waals surface area contributed by atoms with E-state index in [1.807, 2.05) is 36.0 Å². The van der Waals surface area contributed by atoms with Gasteiger partial charge in [0.2, 0.25) is 11.8 Å². The fourth-order valence-corrected chi connectivity index (χ4v) is 6.30. The van der Waals surface area contributed by atoms with Crippen molar-refractivity contribution in [2.45, 2.75) is 75.2 Å². The highest BCUT2D eigenvalue weighted by Gasteiger charge is 2.42. The molecule has 0 spiro atoms. The molecule has 3 fully saturated rings. The van der Waals surface area contributed by atoms with E-state index in [1.54, 1.807) is 0 Å². The molecular formula is C23H32N4O3S. The van der Waals surface area contributed by atoms with Crippen LogP contribution < -0.4 is 21.3 Å². The number of nitrogens with one attached hydrogen (secondary N) is 4. The van der Waals surface area contributed by atoms with Gasteiger partial charge in [0.1, 0.15) is 0 Å². The monoisotopic (exact) mass is 444 g/mol. The summed E-state index contributed by atoms with van der Waals surface area (Å²) < 4.78 is 0. The number of carbonyl (C=O) groups excluding carboxylic acids is 3. The first-order valence-corrected chi connectivity index (χ1v) is 12.5. The Balaban J connectivity index is 1.13. The fraction of sp³-hybridized carbons (Fsp3) is 0.609. The molecule has 4 rings (SSSR count). The first-order valence-electron chi connectivity index (χ1n) is 11.4. The van der Waals surface area contributed by atoms with Gasteiger partial charge in [-0.05, 0) is 43.4 Å². The van der Waals surface area contributed by atoms with Gasteiger partial charge in [-0.1, -0.05) is 31.4 Å². The van der Waals surface area contributed by atoms with E-state index in [9.17, 15) is 14.4 Å². The Labute approximate surface area is 187 Å². The number of unbranched alkanes of at least 4 members (excludes halogenated alkanes) is 1. The number of carbonyl (C=O) groups is 3. The standard InChI is InChI=1S/C23H32N4O3S/c28-20(11-4-3-10-19-21-18(14-31-19)26-23(30)27-21)24-13-15-6-5-9-17(12-15)25-22(29)16-7-1-2-8-16/h5-6,9,12,16,18-19,21H,1-4,7-8,10-11,13-14H2,(H,24,28)(H,25,29)(H2,26,27,30)/t18-,19-,21-/m0/s1. The zero-order valence-electron chi connectivity index (χ0n) is 17.8. The fourth-order valence-electron chi connectivity index (χ4n) is 4.75.